The molecule has 2 aromatic carbocycles. The maximum Gasteiger partial charge on any atom is 0.263 e. The summed E-state index contributed by atoms with van der Waals surface area (Å²) in [6.45, 7) is 0.703. The maximum absolute atomic E-state index is 12.6. The first kappa shape index (κ1) is 19.7. The molecule has 0 aliphatic carbocycles. The second-order valence-corrected chi connectivity index (χ2v) is 6.89. The number of nitroso groups, excluding NO2 is 1. The molecule has 0 saturated heterocycles. The molecule has 7 heteroatoms. The Morgan fingerprint density at radius 1 is 1.07 bits per heavy atom. The molecule has 2 aromatic rings. The quantitative estimate of drug-likeness (QED) is 0.513. The summed E-state index contributed by atoms with van der Waals surface area (Å²) >= 11 is 0. The lowest BCUT2D eigenvalue weighted by Crippen LogP contribution is -2.26. The van der Waals surface area contributed by atoms with Crippen LogP contribution in [0.1, 0.15) is 39.1 Å². The third kappa shape index (κ3) is 4.61. The van der Waals surface area contributed by atoms with E-state index < -0.39 is 6.23 Å². The molecule has 28 heavy (non-hydrogen) atoms. The molecule has 1 aliphatic rings. The number of rotatable bonds is 8. The Morgan fingerprint density at radius 2 is 1.82 bits per heavy atom. The van der Waals surface area contributed by atoms with Crippen LogP contribution in [0, 0.1) is 4.91 Å². The van der Waals surface area contributed by atoms with Crippen molar-refractivity contribution in [2.45, 2.75) is 25.6 Å². The average molecular weight is 382 g/mol. The van der Waals surface area contributed by atoms with Gasteiger partial charge in [-0.1, -0.05) is 24.3 Å². The highest BCUT2D eigenvalue weighted by Crippen LogP contribution is 2.33. The summed E-state index contributed by atoms with van der Waals surface area (Å²) in [4.78, 5) is 37.8. The zero-order chi connectivity index (χ0) is 20.1. The fourth-order valence-electron chi connectivity index (χ4n) is 3.06. The number of nitrogens with zero attached hydrogens (tertiary/aromatic N) is 2. The number of carbonyl (C=O) groups excluding carboxylic acids is 2. The molecule has 1 unspecified atom stereocenters. The van der Waals surface area contributed by atoms with Crippen molar-refractivity contribution >= 4 is 11.6 Å². The van der Waals surface area contributed by atoms with Crippen molar-refractivity contribution in [3.63, 3.8) is 0 Å². The number of carbonyl (C=O) groups is 2. The van der Waals surface area contributed by atoms with E-state index in [1.165, 1.54) is 6.07 Å². The van der Waals surface area contributed by atoms with E-state index in [1.807, 2.05) is 37.2 Å². The van der Waals surface area contributed by atoms with Crippen LogP contribution < -0.4 is 9.47 Å². The SMILES string of the molecule is CN(C)Cc1ccccc1C(=O)CCC(=O)c1ccc2c(c1)OC(N=O)CO2. The van der Waals surface area contributed by atoms with Crippen LogP contribution in [0.2, 0.25) is 0 Å². The lowest BCUT2D eigenvalue weighted by atomic mass is 9.97. The van der Waals surface area contributed by atoms with Gasteiger partial charge in [0.15, 0.2) is 23.1 Å². The molecule has 7 nitrogen and oxygen atoms in total. The van der Waals surface area contributed by atoms with Crippen molar-refractivity contribution in [3.8, 4) is 11.5 Å². The highest BCUT2D eigenvalue weighted by molar-refractivity contribution is 6.03. The molecule has 0 fully saturated rings. The lowest BCUT2D eigenvalue weighted by molar-refractivity contribution is 0.0907. The molecule has 1 heterocycles. The average Bonchev–Trinajstić information content (AvgIpc) is 2.70. The summed E-state index contributed by atoms with van der Waals surface area (Å²) in [6, 6.07) is 12.2. The molecule has 0 saturated carbocycles. The van der Waals surface area contributed by atoms with Gasteiger partial charge >= 0.3 is 0 Å². The molecule has 0 N–H and O–H groups in total. The van der Waals surface area contributed by atoms with E-state index >= 15 is 0 Å². The Kier molecular flexibility index (Phi) is 6.16. The van der Waals surface area contributed by atoms with Gasteiger partial charge in [-0.2, -0.15) is 0 Å². The van der Waals surface area contributed by atoms with Crippen LogP contribution in [0.5, 0.6) is 11.5 Å². The van der Waals surface area contributed by atoms with Gasteiger partial charge in [-0.15, -0.1) is 4.91 Å². The number of benzene rings is 2. The van der Waals surface area contributed by atoms with Gasteiger partial charge in [-0.25, -0.2) is 0 Å². The molecule has 0 amide bonds. The summed E-state index contributed by atoms with van der Waals surface area (Å²) in [7, 11) is 3.88. The summed E-state index contributed by atoms with van der Waals surface area (Å²) in [5.41, 5.74) is 1.99. The Hall–Kier alpha value is -3.06. The molecule has 0 bridgehead atoms. The Morgan fingerprint density at radius 3 is 2.57 bits per heavy atom. The van der Waals surface area contributed by atoms with E-state index in [0.717, 1.165) is 5.56 Å². The molecule has 0 radical (unpaired) electrons. The van der Waals surface area contributed by atoms with Gasteiger partial charge in [0.2, 0.25) is 0 Å². The summed E-state index contributed by atoms with van der Waals surface area (Å²) in [6.07, 6.45) is -0.715. The minimum Gasteiger partial charge on any atom is -0.484 e. The van der Waals surface area contributed by atoms with Crippen molar-refractivity contribution < 1.29 is 19.1 Å². The third-order valence-electron chi connectivity index (χ3n) is 4.41. The van der Waals surface area contributed by atoms with Crippen LogP contribution in [-0.4, -0.2) is 43.4 Å². The van der Waals surface area contributed by atoms with Crippen molar-refractivity contribution in [1.82, 2.24) is 4.90 Å². The molecule has 3 rings (SSSR count). The van der Waals surface area contributed by atoms with Crippen molar-refractivity contribution in [2.24, 2.45) is 5.18 Å². The molecule has 0 aromatic heterocycles. The van der Waals surface area contributed by atoms with Crippen molar-refractivity contribution in [2.75, 3.05) is 20.7 Å². The summed E-state index contributed by atoms with van der Waals surface area (Å²) < 4.78 is 10.8. The fourth-order valence-corrected chi connectivity index (χ4v) is 3.06. The Balaban J connectivity index is 1.66. The lowest BCUT2D eigenvalue weighted by Gasteiger charge is -2.22. The predicted molar refractivity (Wildman–Crippen MR) is 104 cm³/mol. The van der Waals surface area contributed by atoms with Gasteiger partial charge < -0.3 is 14.4 Å². The summed E-state index contributed by atoms with van der Waals surface area (Å²) in [5.74, 6) is 0.536. The standard InChI is InChI=1S/C21H22N2O5/c1-23(2)12-15-5-3-4-6-16(15)18(25)9-8-17(24)14-7-10-19-20(11-14)28-21(22-26)13-27-19/h3-7,10-11,21H,8-9,12-13H2,1-2H3. The van der Waals surface area contributed by atoms with Crippen molar-refractivity contribution in [3.05, 3.63) is 64.1 Å². The normalized spacial score (nSPS) is 15.3. The molecule has 146 valence electrons. The van der Waals surface area contributed by atoms with Crippen molar-refractivity contribution in [1.29, 1.82) is 0 Å². The van der Waals surface area contributed by atoms with Crippen LogP contribution in [0.15, 0.2) is 47.6 Å². The topological polar surface area (TPSA) is 85.3 Å². The first-order valence-corrected chi connectivity index (χ1v) is 9.03. The van der Waals surface area contributed by atoms with E-state index in [-0.39, 0.29) is 31.0 Å². The Labute approximate surface area is 163 Å². The van der Waals surface area contributed by atoms with E-state index in [9.17, 15) is 14.5 Å². The summed E-state index contributed by atoms with van der Waals surface area (Å²) in [5, 5.41) is 2.81. The molecule has 1 atom stereocenters. The van der Waals surface area contributed by atoms with Crippen LogP contribution in [0.25, 0.3) is 0 Å². The number of hydrogen-bond acceptors (Lipinski definition) is 7. The number of hydrogen-bond donors (Lipinski definition) is 0. The number of fused-ring (bicyclic) bond motifs is 1. The molecular weight excluding hydrogens is 360 g/mol. The van der Waals surface area contributed by atoms with Gasteiger partial charge in [0, 0.05) is 30.5 Å². The zero-order valence-electron chi connectivity index (χ0n) is 15.9. The van der Waals surface area contributed by atoms with Crippen LogP contribution in [0.4, 0.5) is 0 Å². The molecule has 1 aliphatic heterocycles. The van der Waals surface area contributed by atoms with Gasteiger partial charge in [-0.3, -0.25) is 9.59 Å². The van der Waals surface area contributed by atoms with Gasteiger partial charge in [0.05, 0.1) is 0 Å². The van der Waals surface area contributed by atoms with Gasteiger partial charge in [0.25, 0.3) is 6.23 Å². The predicted octanol–water partition coefficient (Wildman–Crippen LogP) is 3.46. The largest absolute Gasteiger partial charge is 0.484 e. The maximum atomic E-state index is 12.6. The monoisotopic (exact) mass is 382 g/mol. The first-order valence-electron chi connectivity index (χ1n) is 9.03. The van der Waals surface area contributed by atoms with Gasteiger partial charge in [0.1, 0.15) is 6.61 Å². The first-order chi connectivity index (χ1) is 13.5. The minimum atomic E-state index is -0.923. The van der Waals surface area contributed by atoms with E-state index in [4.69, 9.17) is 9.47 Å². The molecule has 0 spiro atoms. The second kappa shape index (κ2) is 8.75. The third-order valence-corrected chi connectivity index (χ3v) is 4.41. The smallest absolute Gasteiger partial charge is 0.263 e. The number of ether oxygens (including phenoxy) is 2. The van der Waals surface area contributed by atoms with E-state index in [0.29, 0.717) is 29.2 Å². The number of ketones is 2. The second-order valence-electron chi connectivity index (χ2n) is 6.89. The highest BCUT2D eigenvalue weighted by atomic mass is 16.6. The van der Waals surface area contributed by atoms with E-state index in [1.54, 1.807) is 18.2 Å². The van der Waals surface area contributed by atoms with Gasteiger partial charge in [-0.05, 0) is 43.0 Å². The zero-order valence-corrected chi connectivity index (χ0v) is 15.9. The Bertz CT molecular complexity index is 894. The van der Waals surface area contributed by atoms with Crippen LogP contribution in [-0.2, 0) is 6.54 Å². The van der Waals surface area contributed by atoms with Crippen LogP contribution >= 0.6 is 0 Å². The highest BCUT2D eigenvalue weighted by Gasteiger charge is 2.23. The molecular formula is C21H22N2O5. The van der Waals surface area contributed by atoms with E-state index in [2.05, 4.69) is 5.18 Å². The fraction of sp³-hybridized carbons (Fsp3) is 0.333. The van der Waals surface area contributed by atoms with Crippen LogP contribution in [0.3, 0.4) is 0 Å². The number of Topliss-reactive ketones (excluding diaryl/α,β-unsaturated/α-hetero) is 2. The minimum absolute atomic E-state index is 0.0463.